The summed E-state index contributed by atoms with van der Waals surface area (Å²) in [5.74, 6) is 2.03. The molecule has 0 amide bonds. The molecule has 0 N–H and O–H groups in total. The van der Waals surface area contributed by atoms with Crippen LogP contribution >= 0.6 is 0 Å². The van der Waals surface area contributed by atoms with Gasteiger partial charge in [-0.1, -0.05) is 74.7 Å². The molecule has 0 aromatic carbocycles. The van der Waals surface area contributed by atoms with Crippen molar-refractivity contribution in [3.8, 4) is 0 Å². The highest BCUT2D eigenvalue weighted by Crippen LogP contribution is 2.42. The Labute approximate surface area is 105 Å². The van der Waals surface area contributed by atoms with Crippen molar-refractivity contribution >= 4 is 0 Å². The van der Waals surface area contributed by atoms with Crippen LogP contribution in [0.15, 0.2) is 0 Å². The first-order chi connectivity index (χ1) is 7.09. The lowest BCUT2D eigenvalue weighted by Gasteiger charge is -2.38. The summed E-state index contributed by atoms with van der Waals surface area (Å²) < 4.78 is 0. The van der Waals surface area contributed by atoms with E-state index in [1.807, 2.05) is 13.8 Å². The van der Waals surface area contributed by atoms with E-state index >= 15 is 0 Å². The Morgan fingerprint density at radius 2 is 1.62 bits per heavy atom. The normalized spacial score (nSPS) is 23.1. The van der Waals surface area contributed by atoms with Gasteiger partial charge in [-0.3, -0.25) is 0 Å². The molecule has 0 nitrogen and oxygen atoms in total. The minimum absolute atomic E-state index is 0. The Hall–Kier alpha value is 0. The summed E-state index contributed by atoms with van der Waals surface area (Å²) >= 11 is 0. The lowest BCUT2D eigenvalue weighted by Crippen LogP contribution is -2.27. The predicted octanol–water partition coefficient (Wildman–Crippen LogP) is 6.30. The molecule has 0 bridgehead atoms. The fraction of sp³-hybridized carbons (Fsp3) is 1.00. The lowest BCUT2D eigenvalue weighted by molar-refractivity contribution is 0.129. The molecule has 1 aliphatic carbocycles. The highest BCUT2D eigenvalue weighted by Gasteiger charge is 2.30. The molecule has 1 rings (SSSR count). The molecule has 16 heavy (non-hydrogen) atoms. The van der Waals surface area contributed by atoms with Crippen LogP contribution in [0.2, 0.25) is 0 Å². The second-order valence-corrected chi connectivity index (χ2v) is 5.60. The molecule has 1 fully saturated rings. The second-order valence-electron chi connectivity index (χ2n) is 5.60. The molecule has 1 saturated carbocycles. The zero-order valence-corrected chi connectivity index (χ0v) is 11.9. The highest BCUT2D eigenvalue weighted by molar-refractivity contribution is 4.82. The Balaban J connectivity index is 0. The summed E-state index contributed by atoms with van der Waals surface area (Å²) in [6, 6.07) is 0. The molecular weight excluding hydrogens is 192 g/mol. The maximum absolute atomic E-state index is 2.45. The van der Waals surface area contributed by atoms with Crippen molar-refractivity contribution < 1.29 is 0 Å². The van der Waals surface area contributed by atoms with Gasteiger partial charge < -0.3 is 0 Å². The SMILES string of the molecule is C.CC.CCC(CC)C1CCCC(C)(C)C1. The third kappa shape index (κ3) is 5.92. The summed E-state index contributed by atoms with van der Waals surface area (Å²) in [4.78, 5) is 0. The van der Waals surface area contributed by atoms with Crippen LogP contribution in [0, 0.1) is 17.3 Å². The zero-order chi connectivity index (χ0) is 11.9. The quantitative estimate of drug-likeness (QED) is 0.531. The van der Waals surface area contributed by atoms with Crippen LogP contribution in [-0.2, 0) is 0 Å². The van der Waals surface area contributed by atoms with Crippen molar-refractivity contribution in [1.29, 1.82) is 0 Å². The van der Waals surface area contributed by atoms with E-state index in [2.05, 4.69) is 27.7 Å². The van der Waals surface area contributed by atoms with E-state index < -0.39 is 0 Å². The third-order valence-electron chi connectivity index (χ3n) is 3.96. The fourth-order valence-electron chi connectivity index (χ4n) is 3.11. The van der Waals surface area contributed by atoms with Crippen molar-refractivity contribution in [3.63, 3.8) is 0 Å². The third-order valence-corrected chi connectivity index (χ3v) is 3.96. The summed E-state index contributed by atoms with van der Waals surface area (Å²) in [7, 11) is 0. The van der Waals surface area contributed by atoms with Crippen LogP contribution in [0.1, 0.15) is 87.5 Å². The molecule has 0 aromatic heterocycles. The van der Waals surface area contributed by atoms with Gasteiger partial charge in [-0.2, -0.15) is 0 Å². The smallest absolute Gasteiger partial charge is 0.0351 e. The Morgan fingerprint density at radius 3 is 2.00 bits per heavy atom. The zero-order valence-electron chi connectivity index (χ0n) is 11.9. The fourth-order valence-corrected chi connectivity index (χ4v) is 3.11. The Bertz CT molecular complexity index is 142. The van der Waals surface area contributed by atoms with Crippen LogP contribution in [0.4, 0.5) is 0 Å². The largest absolute Gasteiger partial charge is 0.0776 e. The van der Waals surface area contributed by atoms with Crippen molar-refractivity contribution in [2.75, 3.05) is 0 Å². The van der Waals surface area contributed by atoms with E-state index in [4.69, 9.17) is 0 Å². The van der Waals surface area contributed by atoms with Gasteiger partial charge in [0.25, 0.3) is 0 Å². The van der Waals surface area contributed by atoms with Crippen LogP contribution in [-0.4, -0.2) is 0 Å². The molecule has 0 aliphatic heterocycles. The van der Waals surface area contributed by atoms with Gasteiger partial charge in [0, 0.05) is 0 Å². The molecule has 0 heteroatoms. The van der Waals surface area contributed by atoms with Gasteiger partial charge in [-0.15, -0.1) is 0 Å². The Kier molecular flexibility index (Phi) is 10.4. The van der Waals surface area contributed by atoms with Gasteiger partial charge >= 0.3 is 0 Å². The predicted molar refractivity (Wildman–Crippen MR) is 77.9 cm³/mol. The van der Waals surface area contributed by atoms with Gasteiger partial charge in [-0.05, 0) is 30.1 Å². The maximum atomic E-state index is 2.45. The van der Waals surface area contributed by atoms with Gasteiger partial charge in [-0.25, -0.2) is 0 Å². The maximum Gasteiger partial charge on any atom is -0.0351 e. The first-order valence-electron chi connectivity index (χ1n) is 7.09. The molecule has 0 aromatic rings. The molecule has 1 atom stereocenters. The van der Waals surface area contributed by atoms with Crippen LogP contribution in [0.3, 0.4) is 0 Å². The standard InChI is InChI=1S/C13H26.C2H6.CH4/c1-5-11(6-2)12-8-7-9-13(3,4)10-12;1-2;/h11-12H,5-10H2,1-4H3;1-2H3;1H4. The number of hydrogen-bond acceptors (Lipinski definition) is 0. The van der Waals surface area contributed by atoms with Crippen LogP contribution < -0.4 is 0 Å². The average molecular weight is 228 g/mol. The first kappa shape index (κ1) is 18.4. The van der Waals surface area contributed by atoms with Crippen molar-refractivity contribution in [3.05, 3.63) is 0 Å². The highest BCUT2D eigenvalue weighted by atomic mass is 14.4. The number of rotatable bonds is 3. The van der Waals surface area contributed by atoms with E-state index in [-0.39, 0.29) is 7.43 Å². The van der Waals surface area contributed by atoms with Gasteiger partial charge in [0.15, 0.2) is 0 Å². The summed E-state index contributed by atoms with van der Waals surface area (Å²) in [6.45, 7) is 13.6. The molecule has 0 heterocycles. The average Bonchev–Trinajstić information content (AvgIpc) is 2.21. The summed E-state index contributed by atoms with van der Waals surface area (Å²) in [6.07, 6.45) is 8.65. The first-order valence-corrected chi connectivity index (χ1v) is 7.09. The Morgan fingerprint density at radius 1 is 1.12 bits per heavy atom. The van der Waals surface area contributed by atoms with Gasteiger partial charge in [0.1, 0.15) is 0 Å². The molecular formula is C16H36. The molecule has 100 valence electrons. The molecule has 1 aliphatic rings. The monoisotopic (exact) mass is 228 g/mol. The minimum Gasteiger partial charge on any atom is -0.0776 e. The van der Waals surface area contributed by atoms with E-state index in [9.17, 15) is 0 Å². The van der Waals surface area contributed by atoms with Crippen molar-refractivity contribution in [2.45, 2.75) is 87.5 Å². The topological polar surface area (TPSA) is 0 Å². The van der Waals surface area contributed by atoms with E-state index in [1.54, 1.807) is 0 Å². The molecule has 0 spiro atoms. The van der Waals surface area contributed by atoms with Gasteiger partial charge in [0.2, 0.25) is 0 Å². The molecule has 0 saturated heterocycles. The van der Waals surface area contributed by atoms with Crippen molar-refractivity contribution in [1.82, 2.24) is 0 Å². The van der Waals surface area contributed by atoms with Gasteiger partial charge in [0.05, 0.1) is 0 Å². The van der Waals surface area contributed by atoms with E-state index in [0.29, 0.717) is 5.41 Å². The van der Waals surface area contributed by atoms with Crippen molar-refractivity contribution in [2.24, 2.45) is 17.3 Å². The van der Waals surface area contributed by atoms with Crippen LogP contribution in [0.5, 0.6) is 0 Å². The minimum atomic E-state index is 0. The number of hydrogen-bond donors (Lipinski definition) is 0. The molecule has 0 radical (unpaired) electrons. The van der Waals surface area contributed by atoms with E-state index in [0.717, 1.165) is 11.8 Å². The summed E-state index contributed by atoms with van der Waals surface area (Å²) in [5, 5.41) is 0. The molecule has 1 unspecified atom stereocenters. The van der Waals surface area contributed by atoms with Crippen LogP contribution in [0.25, 0.3) is 0 Å². The lowest BCUT2D eigenvalue weighted by atomic mass is 9.67. The summed E-state index contributed by atoms with van der Waals surface area (Å²) in [5.41, 5.74) is 0.630. The van der Waals surface area contributed by atoms with E-state index in [1.165, 1.54) is 38.5 Å². The second kappa shape index (κ2) is 9.07.